The van der Waals surface area contributed by atoms with Crippen molar-refractivity contribution in [1.82, 2.24) is 0 Å². The Morgan fingerprint density at radius 3 is 2.54 bits per heavy atom. The molecule has 0 amide bonds. The fraction of sp³-hybridized carbons (Fsp3) is 0.400. The van der Waals surface area contributed by atoms with Crippen LogP contribution in [-0.4, -0.2) is 11.5 Å². The third-order valence-corrected chi connectivity index (χ3v) is 5.40. The summed E-state index contributed by atoms with van der Waals surface area (Å²) in [6.07, 6.45) is 1.35. The van der Waals surface area contributed by atoms with Gasteiger partial charge in [0.2, 0.25) is 0 Å². The van der Waals surface area contributed by atoms with Crippen molar-refractivity contribution in [1.29, 1.82) is 0 Å². The summed E-state index contributed by atoms with van der Waals surface area (Å²) < 4.78 is 0.613. The lowest BCUT2D eigenvalue weighted by atomic mass is 10.2. The van der Waals surface area contributed by atoms with Crippen molar-refractivity contribution in [2.24, 2.45) is 0 Å². The van der Waals surface area contributed by atoms with E-state index in [1.54, 1.807) is 0 Å². The maximum atomic E-state index is 4.48. The van der Waals surface area contributed by atoms with E-state index in [2.05, 4.69) is 30.8 Å². The van der Waals surface area contributed by atoms with E-state index in [4.69, 9.17) is 0 Å². The predicted octanol–water partition coefficient (Wildman–Crippen LogP) is 3.84. The molecule has 2 rings (SSSR count). The van der Waals surface area contributed by atoms with Crippen LogP contribution in [0.2, 0.25) is 0 Å². The highest BCUT2D eigenvalue weighted by Crippen LogP contribution is 2.45. The van der Waals surface area contributed by atoms with Crippen molar-refractivity contribution in [2.75, 3.05) is 11.5 Å². The molecule has 0 atom stereocenters. The summed E-state index contributed by atoms with van der Waals surface area (Å²) in [5, 5.41) is 0. The predicted molar refractivity (Wildman–Crippen MR) is 66.0 cm³/mol. The molecule has 1 heterocycles. The average Bonchev–Trinajstić information content (AvgIpc) is 2.20. The molecule has 1 aromatic carbocycles. The van der Waals surface area contributed by atoms with Gasteiger partial charge in [-0.3, -0.25) is 0 Å². The summed E-state index contributed by atoms with van der Waals surface area (Å²) in [6, 6.07) is 8.42. The molecule has 0 radical (unpaired) electrons. The van der Waals surface area contributed by atoms with Crippen LogP contribution < -0.4 is 0 Å². The van der Waals surface area contributed by atoms with Crippen LogP contribution in [0.25, 0.3) is 0 Å². The van der Waals surface area contributed by atoms with E-state index in [-0.39, 0.29) is 0 Å². The highest BCUT2D eigenvalue weighted by Gasteiger charge is 2.17. The molecule has 1 aliphatic rings. The van der Waals surface area contributed by atoms with Gasteiger partial charge >= 0.3 is 0 Å². The SMILES string of the molecule is Sc1ccccc1C1SCCCS1. The largest absolute Gasteiger partial charge is 0.143 e. The molecule has 0 bridgehead atoms. The third-order valence-electron chi connectivity index (χ3n) is 2.02. The first-order chi connectivity index (χ1) is 6.38. The second-order valence-electron chi connectivity index (χ2n) is 2.99. The van der Waals surface area contributed by atoms with E-state index in [9.17, 15) is 0 Å². The Morgan fingerprint density at radius 1 is 1.15 bits per heavy atom. The fourth-order valence-corrected chi connectivity index (χ4v) is 4.78. The van der Waals surface area contributed by atoms with Crippen LogP contribution in [0.3, 0.4) is 0 Å². The van der Waals surface area contributed by atoms with Crippen molar-refractivity contribution >= 4 is 36.2 Å². The molecule has 13 heavy (non-hydrogen) atoms. The lowest BCUT2D eigenvalue weighted by molar-refractivity contribution is 1.09. The Balaban J connectivity index is 2.18. The maximum Gasteiger partial charge on any atom is 0.0761 e. The molecule has 0 saturated carbocycles. The Bertz CT molecular complexity index is 279. The van der Waals surface area contributed by atoms with Gasteiger partial charge in [-0.2, -0.15) is 0 Å². The lowest BCUT2D eigenvalue weighted by Crippen LogP contribution is -2.00. The summed E-state index contributed by atoms with van der Waals surface area (Å²) in [7, 11) is 0. The van der Waals surface area contributed by atoms with E-state index in [1.807, 2.05) is 29.6 Å². The maximum absolute atomic E-state index is 4.48. The zero-order chi connectivity index (χ0) is 9.10. The quantitative estimate of drug-likeness (QED) is 0.725. The molecule has 1 aliphatic heterocycles. The van der Waals surface area contributed by atoms with Gasteiger partial charge in [-0.1, -0.05) is 18.2 Å². The van der Waals surface area contributed by atoms with E-state index in [1.165, 1.54) is 23.5 Å². The van der Waals surface area contributed by atoms with E-state index < -0.39 is 0 Å². The number of rotatable bonds is 1. The lowest BCUT2D eigenvalue weighted by Gasteiger charge is -2.22. The standard InChI is InChI=1S/C10H12S3/c11-9-5-2-1-4-8(9)10-12-6-3-7-13-10/h1-2,4-5,10-11H,3,6-7H2. The topological polar surface area (TPSA) is 0 Å². The minimum atomic E-state index is 0.613. The monoisotopic (exact) mass is 228 g/mol. The first-order valence-electron chi connectivity index (χ1n) is 4.39. The fourth-order valence-electron chi connectivity index (χ4n) is 1.35. The Hall–Kier alpha value is 0.270. The molecule has 1 aromatic rings. The number of hydrogen-bond donors (Lipinski definition) is 1. The molecule has 0 nitrogen and oxygen atoms in total. The molecule has 1 saturated heterocycles. The number of hydrogen-bond acceptors (Lipinski definition) is 3. The molecular formula is C10H12S3. The van der Waals surface area contributed by atoms with Gasteiger partial charge in [0, 0.05) is 4.90 Å². The van der Waals surface area contributed by atoms with Crippen molar-refractivity contribution in [3.63, 3.8) is 0 Å². The summed E-state index contributed by atoms with van der Waals surface area (Å²) in [5.74, 6) is 2.58. The van der Waals surface area contributed by atoms with Crippen LogP contribution in [-0.2, 0) is 0 Å². The van der Waals surface area contributed by atoms with Gasteiger partial charge < -0.3 is 0 Å². The number of benzene rings is 1. The third kappa shape index (κ3) is 2.39. The molecule has 0 aromatic heterocycles. The summed E-state index contributed by atoms with van der Waals surface area (Å²) in [4.78, 5) is 1.13. The normalized spacial score (nSPS) is 18.8. The van der Waals surface area contributed by atoms with Gasteiger partial charge in [0.05, 0.1) is 4.58 Å². The Kier molecular flexibility index (Phi) is 3.52. The van der Waals surface area contributed by atoms with Crippen LogP contribution >= 0.6 is 36.2 Å². The van der Waals surface area contributed by atoms with Crippen molar-refractivity contribution < 1.29 is 0 Å². The molecule has 70 valence electrons. The minimum absolute atomic E-state index is 0.613. The van der Waals surface area contributed by atoms with Crippen LogP contribution in [0.15, 0.2) is 29.2 Å². The summed E-state index contributed by atoms with van der Waals surface area (Å²) in [6.45, 7) is 0. The van der Waals surface area contributed by atoms with Crippen LogP contribution in [0.1, 0.15) is 16.6 Å². The van der Waals surface area contributed by atoms with E-state index in [0.29, 0.717) is 4.58 Å². The van der Waals surface area contributed by atoms with Gasteiger partial charge in [-0.25, -0.2) is 0 Å². The Morgan fingerprint density at radius 2 is 1.85 bits per heavy atom. The van der Waals surface area contributed by atoms with Gasteiger partial charge in [-0.05, 0) is 29.6 Å². The average molecular weight is 228 g/mol. The zero-order valence-electron chi connectivity index (χ0n) is 7.27. The second-order valence-corrected chi connectivity index (χ2v) is 6.19. The smallest absolute Gasteiger partial charge is 0.0761 e. The Labute approximate surface area is 93.3 Å². The van der Waals surface area contributed by atoms with Gasteiger partial charge in [0.25, 0.3) is 0 Å². The van der Waals surface area contributed by atoms with Gasteiger partial charge in [0.1, 0.15) is 0 Å². The molecule has 0 spiro atoms. The first kappa shape index (κ1) is 9.81. The minimum Gasteiger partial charge on any atom is -0.143 e. The molecule has 0 unspecified atom stereocenters. The van der Waals surface area contributed by atoms with Crippen LogP contribution in [0.5, 0.6) is 0 Å². The van der Waals surface area contributed by atoms with Crippen LogP contribution in [0, 0.1) is 0 Å². The summed E-state index contributed by atoms with van der Waals surface area (Å²) in [5.41, 5.74) is 1.39. The van der Waals surface area contributed by atoms with Crippen molar-refractivity contribution in [2.45, 2.75) is 15.9 Å². The second kappa shape index (κ2) is 4.67. The molecule has 1 fully saturated rings. The highest BCUT2D eigenvalue weighted by molar-refractivity contribution is 8.16. The molecule has 0 aliphatic carbocycles. The van der Waals surface area contributed by atoms with Gasteiger partial charge in [-0.15, -0.1) is 36.2 Å². The van der Waals surface area contributed by atoms with Crippen molar-refractivity contribution in [3.05, 3.63) is 29.8 Å². The molecule has 3 heteroatoms. The molecule has 0 N–H and O–H groups in total. The van der Waals surface area contributed by atoms with E-state index in [0.717, 1.165) is 4.90 Å². The first-order valence-corrected chi connectivity index (χ1v) is 6.93. The zero-order valence-corrected chi connectivity index (χ0v) is 9.80. The summed E-state index contributed by atoms with van der Waals surface area (Å²) >= 11 is 8.57. The van der Waals surface area contributed by atoms with Crippen molar-refractivity contribution in [3.8, 4) is 0 Å². The van der Waals surface area contributed by atoms with Gasteiger partial charge in [0.15, 0.2) is 0 Å². The number of thioether (sulfide) groups is 2. The molecular weight excluding hydrogens is 216 g/mol. The number of thiol groups is 1. The van der Waals surface area contributed by atoms with Crippen LogP contribution in [0.4, 0.5) is 0 Å². The van der Waals surface area contributed by atoms with E-state index >= 15 is 0 Å². The highest BCUT2D eigenvalue weighted by atomic mass is 32.2.